The fourth-order valence-electron chi connectivity index (χ4n) is 2.71. The van der Waals surface area contributed by atoms with E-state index in [1.54, 1.807) is 61.7 Å². The van der Waals surface area contributed by atoms with Gasteiger partial charge in [0.1, 0.15) is 11.5 Å². The number of nitrogens with one attached hydrogen (secondary N) is 2. The van der Waals surface area contributed by atoms with Crippen LogP contribution in [0.3, 0.4) is 0 Å². The highest BCUT2D eigenvalue weighted by atomic mass is 35.5. The minimum Gasteiger partial charge on any atom is -0.495 e. The molecule has 2 amide bonds. The number of hydrogen-bond donors (Lipinski definition) is 2. The lowest BCUT2D eigenvalue weighted by atomic mass is 10.1. The first-order valence-electron chi connectivity index (χ1n) is 9.19. The molecule has 7 heteroatoms. The van der Waals surface area contributed by atoms with Crippen LogP contribution in [0.25, 0.3) is 0 Å². The van der Waals surface area contributed by atoms with Gasteiger partial charge in [-0.3, -0.25) is 9.59 Å². The molecule has 0 aromatic heterocycles. The first kappa shape index (κ1) is 21.2. The molecule has 0 atom stereocenters. The normalized spacial score (nSPS) is 10.2. The Hall–Kier alpha value is -3.51. The average molecular weight is 425 g/mol. The van der Waals surface area contributed by atoms with Crippen LogP contribution in [0, 0.1) is 6.92 Å². The van der Waals surface area contributed by atoms with Crippen molar-refractivity contribution in [1.82, 2.24) is 0 Å². The molecular weight excluding hydrogens is 404 g/mol. The van der Waals surface area contributed by atoms with Crippen LogP contribution >= 0.6 is 11.6 Å². The lowest BCUT2D eigenvalue weighted by molar-refractivity contribution is -0.118. The summed E-state index contributed by atoms with van der Waals surface area (Å²) in [5, 5.41) is 5.97. The molecule has 0 heterocycles. The topological polar surface area (TPSA) is 76.7 Å². The minimum atomic E-state index is -0.337. The Bertz CT molecular complexity index is 1050. The Morgan fingerprint density at radius 3 is 2.37 bits per heavy atom. The third-order valence-corrected chi connectivity index (χ3v) is 4.57. The van der Waals surface area contributed by atoms with Gasteiger partial charge < -0.3 is 20.1 Å². The largest absolute Gasteiger partial charge is 0.495 e. The maximum Gasteiger partial charge on any atom is 0.262 e. The number of ether oxygens (including phenoxy) is 2. The minimum absolute atomic E-state index is 0.183. The van der Waals surface area contributed by atoms with E-state index in [0.29, 0.717) is 33.5 Å². The van der Waals surface area contributed by atoms with Crippen molar-refractivity contribution in [3.8, 4) is 11.5 Å². The van der Waals surface area contributed by atoms with E-state index in [4.69, 9.17) is 21.1 Å². The highest BCUT2D eigenvalue weighted by Crippen LogP contribution is 2.26. The molecule has 0 unspecified atom stereocenters. The zero-order chi connectivity index (χ0) is 21.5. The number of halogens is 1. The summed E-state index contributed by atoms with van der Waals surface area (Å²) in [5.41, 5.74) is 2.57. The number of methoxy groups -OCH3 is 1. The second kappa shape index (κ2) is 9.80. The van der Waals surface area contributed by atoms with E-state index in [0.717, 1.165) is 5.56 Å². The van der Waals surface area contributed by atoms with E-state index >= 15 is 0 Å². The van der Waals surface area contributed by atoms with Crippen LogP contribution in [0.15, 0.2) is 66.7 Å². The number of carbonyl (C=O) groups is 2. The molecule has 0 aliphatic rings. The van der Waals surface area contributed by atoms with Crippen molar-refractivity contribution in [3.05, 3.63) is 82.9 Å². The molecule has 3 aromatic carbocycles. The van der Waals surface area contributed by atoms with Gasteiger partial charge in [-0.25, -0.2) is 0 Å². The van der Waals surface area contributed by atoms with Gasteiger partial charge in [0.15, 0.2) is 6.61 Å². The van der Waals surface area contributed by atoms with E-state index in [1.165, 1.54) is 0 Å². The van der Waals surface area contributed by atoms with E-state index in [9.17, 15) is 9.59 Å². The van der Waals surface area contributed by atoms with Crippen molar-refractivity contribution in [2.24, 2.45) is 0 Å². The molecule has 0 saturated carbocycles. The van der Waals surface area contributed by atoms with Crippen molar-refractivity contribution in [3.63, 3.8) is 0 Å². The van der Waals surface area contributed by atoms with Gasteiger partial charge >= 0.3 is 0 Å². The van der Waals surface area contributed by atoms with Crippen LogP contribution in [0.2, 0.25) is 5.02 Å². The summed E-state index contributed by atoms with van der Waals surface area (Å²) in [6.45, 7) is 1.75. The molecule has 0 spiro atoms. The van der Waals surface area contributed by atoms with Gasteiger partial charge in [0.2, 0.25) is 0 Å². The highest BCUT2D eigenvalue weighted by molar-refractivity contribution is 6.33. The summed E-state index contributed by atoms with van der Waals surface area (Å²) in [7, 11) is 1.55. The monoisotopic (exact) mass is 424 g/mol. The van der Waals surface area contributed by atoms with Crippen LogP contribution in [-0.4, -0.2) is 25.5 Å². The zero-order valence-electron chi connectivity index (χ0n) is 16.6. The Morgan fingerprint density at radius 2 is 1.67 bits per heavy atom. The van der Waals surface area contributed by atoms with Gasteiger partial charge in [0, 0.05) is 5.56 Å². The molecule has 2 N–H and O–H groups in total. The quantitative estimate of drug-likeness (QED) is 0.564. The van der Waals surface area contributed by atoms with Crippen LogP contribution in [0.5, 0.6) is 11.5 Å². The van der Waals surface area contributed by atoms with E-state index in [2.05, 4.69) is 10.6 Å². The zero-order valence-corrected chi connectivity index (χ0v) is 17.3. The van der Waals surface area contributed by atoms with Crippen molar-refractivity contribution < 1.29 is 19.1 Å². The molecule has 30 heavy (non-hydrogen) atoms. The van der Waals surface area contributed by atoms with Gasteiger partial charge in [-0.2, -0.15) is 0 Å². The predicted octanol–water partition coefficient (Wildman–Crippen LogP) is 4.93. The van der Waals surface area contributed by atoms with Crippen LogP contribution < -0.4 is 20.1 Å². The second-order valence-corrected chi connectivity index (χ2v) is 6.91. The fraction of sp³-hybridized carbons (Fsp3) is 0.130. The Morgan fingerprint density at radius 1 is 0.933 bits per heavy atom. The maximum absolute atomic E-state index is 12.5. The molecule has 6 nitrogen and oxygen atoms in total. The summed E-state index contributed by atoms with van der Waals surface area (Å²) in [5.74, 6) is 0.436. The first-order valence-corrected chi connectivity index (χ1v) is 9.57. The van der Waals surface area contributed by atoms with E-state index in [1.807, 2.05) is 19.1 Å². The molecule has 0 fully saturated rings. The summed E-state index contributed by atoms with van der Waals surface area (Å²) >= 11 is 6.02. The van der Waals surface area contributed by atoms with Crippen LogP contribution in [0.4, 0.5) is 11.4 Å². The fourth-order valence-corrected chi connectivity index (χ4v) is 2.90. The van der Waals surface area contributed by atoms with Gasteiger partial charge in [-0.15, -0.1) is 0 Å². The van der Waals surface area contributed by atoms with Gasteiger partial charge in [-0.1, -0.05) is 29.8 Å². The highest BCUT2D eigenvalue weighted by Gasteiger charge is 2.11. The summed E-state index contributed by atoms with van der Waals surface area (Å²) in [6.07, 6.45) is 0. The maximum atomic E-state index is 12.5. The molecule has 154 valence electrons. The Kier molecular flexibility index (Phi) is 6.93. The molecule has 3 rings (SSSR count). The first-order chi connectivity index (χ1) is 14.5. The number of carbonyl (C=O) groups excluding carboxylic acids is 2. The Labute approximate surface area is 179 Å². The molecule has 0 bridgehead atoms. The second-order valence-electron chi connectivity index (χ2n) is 6.50. The van der Waals surface area contributed by atoms with Gasteiger partial charge in [0.25, 0.3) is 11.8 Å². The SMILES string of the molecule is COc1ccc(C)cc1NC(=O)c1ccc(OCC(=O)Nc2ccccc2Cl)cc1. The van der Waals surface area contributed by atoms with Crippen molar-refractivity contribution in [1.29, 1.82) is 0 Å². The molecule has 0 aliphatic carbocycles. The van der Waals surface area contributed by atoms with Gasteiger partial charge in [-0.05, 0) is 61.0 Å². The lowest BCUT2D eigenvalue weighted by Crippen LogP contribution is -2.20. The number of amides is 2. The van der Waals surface area contributed by atoms with Crippen molar-refractivity contribution in [2.45, 2.75) is 6.92 Å². The standard InChI is InChI=1S/C23H21ClN2O4/c1-15-7-12-21(29-2)20(13-15)26-23(28)16-8-10-17(11-9-16)30-14-22(27)25-19-6-4-3-5-18(19)24/h3-13H,14H2,1-2H3,(H,25,27)(H,26,28). The smallest absolute Gasteiger partial charge is 0.262 e. The average Bonchev–Trinajstić information content (AvgIpc) is 2.74. The predicted molar refractivity (Wildman–Crippen MR) is 118 cm³/mol. The number of benzene rings is 3. The number of aryl methyl sites for hydroxylation is 1. The molecule has 0 saturated heterocycles. The third-order valence-electron chi connectivity index (χ3n) is 4.24. The summed E-state index contributed by atoms with van der Waals surface area (Å²) in [4.78, 5) is 24.6. The molecule has 0 aliphatic heterocycles. The van der Waals surface area contributed by atoms with Crippen molar-refractivity contribution in [2.75, 3.05) is 24.4 Å². The van der Waals surface area contributed by atoms with E-state index in [-0.39, 0.29) is 18.4 Å². The molecule has 0 radical (unpaired) electrons. The molecule has 3 aromatic rings. The number of rotatable bonds is 7. The number of para-hydroxylation sites is 1. The van der Waals surface area contributed by atoms with Gasteiger partial charge in [0.05, 0.1) is 23.5 Å². The van der Waals surface area contributed by atoms with Crippen molar-refractivity contribution >= 4 is 34.8 Å². The van der Waals surface area contributed by atoms with E-state index < -0.39 is 0 Å². The lowest BCUT2D eigenvalue weighted by Gasteiger charge is -2.12. The number of anilines is 2. The summed E-state index contributed by atoms with van der Waals surface area (Å²) < 4.78 is 10.8. The summed E-state index contributed by atoms with van der Waals surface area (Å²) in [6, 6.07) is 19.0. The molecular formula is C23H21ClN2O4. The van der Waals surface area contributed by atoms with Crippen LogP contribution in [0.1, 0.15) is 15.9 Å². The third kappa shape index (κ3) is 5.52. The number of hydrogen-bond acceptors (Lipinski definition) is 4. The van der Waals surface area contributed by atoms with Crippen LogP contribution in [-0.2, 0) is 4.79 Å². The Balaban J connectivity index is 1.57.